The van der Waals surface area contributed by atoms with Crippen molar-refractivity contribution in [2.24, 2.45) is 5.73 Å². The first-order valence-electron chi connectivity index (χ1n) is 6.00. The Bertz CT molecular complexity index is 629. The SMILES string of the molecule is COCc1cccc(Oc2ccc(Cl)cc2C(=N)N)c1. The van der Waals surface area contributed by atoms with Crippen LogP contribution in [0, 0.1) is 5.41 Å². The van der Waals surface area contributed by atoms with Crippen molar-refractivity contribution in [1.82, 2.24) is 0 Å². The highest BCUT2D eigenvalue weighted by molar-refractivity contribution is 6.31. The molecule has 104 valence electrons. The molecule has 2 aromatic carbocycles. The summed E-state index contributed by atoms with van der Waals surface area (Å²) >= 11 is 5.91. The number of halogens is 1. The van der Waals surface area contributed by atoms with Crippen LogP contribution in [0.15, 0.2) is 42.5 Å². The first-order valence-corrected chi connectivity index (χ1v) is 6.37. The van der Waals surface area contributed by atoms with Crippen LogP contribution in [0.25, 0.3) is 0 Å². The van der Waals surface area contributed by atoms with E-state index in [0.717, 1.165) is 5.56 Å². The largest absolute Gasteiger partial charge is 0.457 e. The molecule has 20 heavy (non-hydrogen) atoms. The maximum Gasteiger partial charge on any atom is 0.138 e. The summed E-state index contributed by atoms with van der Waals surface area (Å²) in [6.07, 6.45) is 0. The van der Waals surface area contributed by atoms with Crippen LogP contribution in [0.1, 0.15) is 11.1 Å². The number of amidine groups is 1. The normalized spacial score (nSPS) is 10.3. The highest BCUT2D eigenvalue weighted by Gasteiger charge is 2.09. The third kappa shape index (κ3) is 3.50. The van der Waals surface area contributed by atoms with Gasteiger partial charge in [-0.15, -0.1) is 0 Å². The van der Waals surface area contributed by atoms with Crippen LogP contribution >= 0.6 is 11.6 Å². The summed E-state index contributed by atoms with van der Waals surface area (Å²) < 4.78 is 10.9. The predicted octanol–water partition coefficient (Wildman–Crippen LogP) is 3.56. The van der Waals surface area contributed by atoms with Gasteiger partial charge in [0.1, 0.15) is 17.3 Å². The second-order valence-electron chi connectivity index (χ2n) is 4.24. The third-order valence-corrected chi connectivity index (χ3v) is 2.90. The van der Waals surface area contributed by atoms with E-state index in [-0.39, 0.29) is 5.84 Å². The van der Waals surface area contributed by atoms with Gasteiger partial charge < -0.3 is 15.2 Å². The zero-order valence-corrected chi connectivity index (χ0v) is 11.8. The highest BCUT2D eigenvalue weighted by Crippen LogP contribution is 2.28. The second kappa shape index (κ2) is 6.41. The molecule has 0 aliphatic carbocycles. The Labute approximate surface area is 122 Å². The molecule has 0 fully saturated rings. The molecule has 0 heterocycles. The Kier molecular flexibility index (Phi) is 4.61. The van der Waals surface area contributed by atoms with Crippen LogP contribution in [0.2, 0.25) is 5.02 Å². The van der Waals surface area contributed by atoms with Gasteiger partial charge in [-0.25, -0.2) is 0 Å². The molecule has 5 heteroatoms. The summed E-state index contributed by atoms with van der Waals surface area (Å²) in [4.78, 5) is 0. The molecule has 0 saturated carbocycles. The lowest BCUT2D eigenvalue weighted by Gasteiger charge is -2.11. The van der Waals surface area contributed by atoms with Crippen LogP contribution < -0.4 is 10.5 Å². The van der Waals surface area contributed by atoms with Gasteiger partial charge in [-0.3, -0.25) is 5.41 Å². The van der Waals surface area contributed by atoms with E-state index in [9.17, 15) is 0 Å². The summed E-state index contributed by atoms with van der Waals surface area (Å²) in [5.74, 6) is 1.07. The van der Waals surface area contributed by atoms with Gasteiger partial charge in [0.25, 0.3) is 0 Å². The van der Waals surface area contributed by atoms with Gasteiger partial charge >= 0.3 is 0 Å². The Morgan fingerprint density at radius 2 is 2.05 bits per heavy atom. The second-order valence-corrected chi connectivity index (χ2v) is 4.67. The van der Waals surface area contributed by atoms with E-state index < -0.39 is 0 Å². The molecule has 0 aliphatic rings. The van der Waals surface area contributed by atoms with Crippen LogP contribution in [-0.2, 0) is 11.3 Å². The number of rotatable bonds is 5. The van der Waals surface area contributed by atoms with Gasteiger partial charge in [0.2, 0.25) is 0 Å². The Morgan fingerprint density at radius 1 is 1.25 bits per heavy atom. The molecule has 3 N–H and O–H groups in total. The molecule has 0 atom stereocenters. The lowest BCUT2D eigenvalue weighted by Crippen LogP contribution is -2.12. The summed E-state index contributed by atoms with van der Waals surface area (Å²) in [6.45, 7) is 0.511. The molecule has 0 radical (unpaired) electrons. The first kappa shape index (κ1) is 14.4. The minimum absolute atomic E-state index is 0.0875. The van der Waals surface area contributed by atoms with Crippen LogP contribution in [0.3, 0.4) is 0 Å². The van der Waals surface area contributed by atoms with Gasteiger partial charge in [-0.2, -0.15) is 0 Å². The van der Waals surface area contributed by atoms with Crippen molar-refractivity contribution in [1.29, 1.82) is 5.41 Å². The number of hydrogen-bond donors (Lipinski definition) is 2. The fraction of sp³-hybridized carbons (Fsp3) is 0.133. The average Bonchev–Trinajstić information content (AvgIpc) is 2.41. The lowest BCUT2D eigenvalue weighted by atomic mass is 10.2. The van der Waals surface area contributed by atoms with Crippen molar-refractivity contribution in [3.63, 3.8) is 0 Å². The number of nitrogen functional groups attached to an aromatic ring is 1. The molecule has 0 aromatic heterocycles. The monoisotopic (exact) mass is 290 g/mol. The molecular formula is C15H15ClN2O2. The van der Waals surface area contributed by atoms with Crippen molar-refractivity contribution < 1.29 is 9.47 Å². The minimum atomic E-state index is -0.0875. The molecular weight excluding hydrogens is 276 g/mol. The minimum Gasteiger partial charge on any atom is -0.457 e. The van der Waals surface area contributed by atoms with Crippen molar-refractivity contribution >= 4 is 17.4 Å². The van der Waals surface area contributed by atoms with Crippen molar-refractivity contribution in [2.75, 3.05) is 7.11 Å². The standard InChI is InChI=1S/C15H15ClN2O2/c1-19-9-10-3-2-4-12(7-10)20-14-6-5-11(16)8-13(14)15(17)18/h2-8H,9H2,1H3,(H3,17,18). The average molecular weight is 291 g/mol. The van der Waals surface area contributed by atoms with E-state index in [0.29, 0.717) is 28.7 Å². The maximum absolute atomic E-state index is 7.57. The summed E-state index contributed by atoms with van der Waals surface area (Å²) in [5.41, 5.74) is 7.01. The number of nitrogens with two attached hydrogens (primary N) is 1. The van der Waals surface area contributed by atoms with Crippen LogP contribution in [0.4, 0.5) is 0 Å². The van der Waals surface area contributed by atoms with E-state index in [1.54, 1.807) is 25.3 Å². The Balaban J connectivity index is 2.30. The number of hydrogen-bond acceptors (Lipinski definition) is 3. The van der Waals surface area contributed by atoms with Crippen LogP contribution in [-0.4, -0.2) is 12.9 Å². The number of nitrogens with one attached hydrogen (secondary N) is 1. The third-order valence-electron chi connectivity index (χ3n) is 2.67. The Morgan fingerprint density at radius 3 is 2.75 bits per heavy atom. The number of ether oxygens (including phenoxy) is 2. The topological polar surface area (TPSA) is 68.3 Å². The van der Waals surface area contributed by atoms with Crippen LogP contribution in [0.5, 0.6) is 11.5 Å². The van der Waals surface area contributed by atoms with Gasteiger partial charge in [0.15, 0.2) is 0 Å². The zero-order valence-electron chi connectivity index (χ0n) is 11.0. The molecule has 4 nitrogen and oxygen atoms in total. The molecule has 2 aromatic rings. The predicted molar refractivity (Wildman–Crippen MR) is 79.7 cm³/mol. The molecule has 0 aliphatic heterocycles. The van der Waals surface area contributed by atoms with E-state index in [1.165, 1.54) is 0 Å². The Hall–Kier alpha value is -2.04. The lowest BCUT2D eigenvalue weighted by molar-refractivity contribution is 0.184. The summed E-state index contributed by atoms with van der Waals surface area (Å²) in [5, 5.41) is 8.08. The van der Waals surface area contributed by atoms with E-state index in [4.69, 9.17) is 32.2 Å². The molecule has 0 bridgehead atoms. The fourth-order valence-corrected chi connectivity index (χ4v) is 1.97. The molecule has 2 rings (SSSR count). The molecule has 0 saturated heterocycles. The molecule has 0 unspecified atom stereocenters. The highest BCUT2D eigenvalue weighted by atomic mass is 35.5. The summed E-state index contributed by atoms with van der Waals surface area (Å²) in [6, 6.07) is 12.5. The quantitative estimate of drug-likeness (QED) is 0.653. The number of benzene rings is 2. The van der Waals surface area contributed by atoms with E-state index >= 15 is 0 Å². The summed E-state index contributed by atoms with van der Waals surface area (Å²) in [7, 11) is 1.64. The number of methoxy groups -OCH3 is 1. The molecule has 0 spiro atoms. The zero-order chi connectivity index (χ0) is 14.5. The van der Waals surface area contributed by atoms with Gasteiger partial charge in [0.05, 0.1) is 12.2 Å². The van der Waals surface area contributed by atoms with Gasteiger partial charge in [-0.1, -0.05) is 23.7 Å². The van der Waals surface area contributed by atoms with Crippen molar-refractivity contribution in [2.45, 2.75) is 6.61 Å². The smallest absolute Gasteiger partial charge is 0.138 e. The van der Waals surface area contributed by atoms with Gasteiger partial charge in [-0.05, 0) is 35.9 Å². The molecule has 0 amide bonds. The fourth-order valence-electron chi connectivity index (χ4n) is 1.79. The van der Waals surface area contributed by atoms with Gasteiger partial charge in [0, 0.05) is 12.1 Å². The maximum atomic E-state index is 7.57. The van der Waals surface area contributed by atoms with Crippen molar-refractivity contribution in [3.05, 3.63) is 58.6 Å². The van der Waals surface area contributed by atoms with E-state index in [1.807, 2.05) is 24.3 Å². The first-order chi connectivity index (χ1) is 9.60. The van der Waals surface area contributed by atoms with E-state index in [2.05, 4.69) is 0 Å². The van der Waals surface area contributed by atoms with Crippen molar-refractivity contribution in [3.8, 4) is 11.5 Å².